The molecule has 0 fully saturated rings. The molecule has 0 saturated carbocycles. The fourth-order valence-electron chi connectivity index (χ4n) is 1.65. The van der Waals surface area contributed by atoms with E-state index in [-0.39, 0.29) is 11.1 Å². The molecule has 0 spiro atoms. The van der Waals surface area contributed by atoms with E-state index in [2.05, 4.69) is 39.9 Å². The molecule has 1 aliphatic carbocycles. The number of aliphatic hydroxyl groups excluding tert-OH is 1. The first-order valence-electron chi connectivity index (χ1n) is 6.26. The summed E-state index contributed by atoms with van der Waals surface area (Å²) >= 11 is 0. The molecular weight excluding hydrogens is 216 g/mol. The van der Waals surface area contributed by atoms with Crippen molar-refractivity contribution in [1.29, 1.82) is 0 Å². The van der Waals surface area contributed by atoms with E-state index in [1.807, 2.05) is 6.08 Å². The summed E-state index contributed by atoms with van der Waals surface area (Å²) in [4.78, 5) is 0. The fourth-order valence-corrected chi connectivity index (χ4v) is 3.02. The fraction of sp³-hybridized carbons (Fsp3) is 0.846. The van der Waals surface area contributed by atoms with Crippen LogP contribution < -0.4 is 0 Å². The maximum absolute atomic E-state index is 9.99. The summed E-state index contributed by atoms with van der Waals surface area (Å²) < 4.78 is 6.27. The first-order valence-corrected chi connectivity index (χ1v) is 9.17. The highest BCUT2D eigenvalue weighted by molar-refractivity contribution is 6.74. The topological polar surface area (TPSA) is 29.5 Å². The average molecular weight is 242 g/mol. The lowest BCUT2D eigenvalue weighted by Gasteiger charge is -2.40. The minimum atomic E-state index is -1.75. The number of allylic oxidation sites excluding steroid dienone is 1. The van der Waals surface area contributed by atoms with Crippen LogP contribution in [0, 0.1) is 0 Å². The van der Waals surface area contributed by atoms with Crippen LogP contribution in [0.4, 0.5) is 0 Å². The molecule has 0 aromatic rings. The molecule has 0 unspecified atom stereocenters. The predicted octanol–water partition coefficient (Wildman–Crippen LogP) is 3.48. The van der Waals surface area contributed by atoms with Crippen LogP contribution in [-0.4, -0.2) is 25.6 Å². The Morgan fingerprint density at radius 3 is 2.50 bits per heavy atom. The normalized spacial score (nSPS) is 27.9. The lowest BCUT2D eigenvalue weighted by molar-refractivity contribution is 0.0524. The van der Waals surface area contributed by atoms with Gasteiger partial charge in [0, 0.05) is 0 Å². The van der Waals surface area contributed by atoms with Gasteiger partial charge in [0.1, 0.15) is 0 Å². The lowest BCUT2D eigenvalue weighted by Crippen LogP contribution is -2.46. The van der Waals surface area contributed by atoms with Crippen LogP contribution in [0.5, 0.6) is 0 Å². The molecule has 3 heteroatoms. The summed E-state index contributed by atoms with van der Waals surface area (Å²) in [7, 11) is -1.75. The zero-order chi connectivity index (χ0) is 12.4. The van der Waals surface area contributed by atoms with Crippen LogP contribution >= 0.6 is 0 Å². The molecule has 0 aromatic carbocycles. The lowest BCUT2D eigenvalue weighted by atomic mass is 10.1. The molecule has 2 atom stereocenters. The minimum Gasteiger partial charge on any atom is -0.411 e. The Morgan fingerprint density at radius 1 is 1.31 bits per heavy atom. The minimum absolute atomic E-state index is 0.000332. The maximum Gasteiger partial charge on any atom is 0.192 e. The molecule has 0 amide bonds. The van der Waals surface area contributed by atoms with Crippen molar-refractivity contribution in [3.63, 3.8) is 0 Å². The van der Waals surface area contributed by atoms with E-state index in [1.54, 1.807) is 0 Å². The van der Waals surface area contributed by atoms with Crippen LogP contribution in [0.3, 0.4) is 0 Å². The van der Waals surface area contributed by atoms with Crippen molar-refractivity contribution >= 4 is 8.32 Å². The third kappa shape index (κ3) is 3.44. The van der Waals surface area contributed by atoms with Crippen LogP contribution in [0.2, 0.25) is 18.1 Å². The quantitative estimate of drug-likeness (QED) is 0.593. The molecule has 16 heavy (non-hydrogen) atoms. The summed E-state index contributed by atoms with van der Waals surface area (Å²) in [6.07, 6.45) is 6.70. The smallest absolute Gasteiger partial charge is 0.192 e. The van der Waals surface area contributed by atoms with E-state index >= 15 is 0 Å². The Kier molecular flexibility index (Phi) is 4.38. The second-order valence-electron chi connectivity index (χ2n) is 6.27. The van der Waals surface area contributed by atoms with Gasteiger partial charge in [-0.15, -0.1) is 0 Å². The summed E-state index contributed by atoms with van der Waals surface area (Å²) in [6, 6.07) is 0. The largest absolute Gasteiger partial charge is 0.411 e. The van der Waals surface area contributed by atoms with Gasteiger partial charge in [-0.3, -0.25) is 0 Å². The molecule has 0 aromatic heterocycles. The Balaban J connectivity index is 2.68. The van der Waals surface area contributed by atoms with Gasteiger partial charge in [-0.25, -0.2) is 0 Å². The molecule has 1 rings (SSSR count). The van der Waals surface area contributed by atoms with Crippen molar-refractivity contribution in [3.8, 4) is 0 Å². The van der Waals surface area contributed by atoms with Crippen LogP contribution in [0.1, 0.15) is 40.0 Å². The zero-order valence-corrected chi connectivity index (χ0v) is 12.3. The van der Waals surface area contributed by atoms with Gasteiger partial charge in [0.15, 0.2) is 8.32 Å². The van der Waals surface area contributed by atoms with Crippen LogP contribution in [-0.2, 0) is 4.43 Å². The van der Waals surface area contributed by atoms with Crippen molar-refractivity contribution in [1.82, 2.24) is 0 Å². The summed E-state index contributed by atoms with van der Waals surface area (Å²) in [5.74, 6) is 0. The number of rotatable bonds is 2. The van der Waals surface area contributed by atoms with E-state index in [1.165, 1.54) is 0 Å². The van der Waals surface area contributed by atoms with Gasteiger partial charge in [0.25, 0.3) is 0 Å². The molecular formula is C13H26O2Si. The highest BCUT2D eigenvalue weighted by Gasteiger charge is 2.40. The van der Waals surface area contributed by atoms with Gasteiger partial charge in [-0.2, -0.15) is 0 Å². The molecule has 0 aliphatic heterocycles. The Labute approximate surface area is 101 Å². The Bertz CT molecular complexity index is 253. The van der Waals surface area contributed by atoms with E-state index in [4.69, 9.17) is 4.43 Å². The van der Waals surface area contributed by atoms with Gasteiger partial charge in [-0.1, -0.05) is 32.9 Å². The van der Waals surface area contributed by atoms with Gasteiger partial charge in [0.05, 0.1) is 12.2 Å². The van der Waals surface area contributed by atoms with E-state index < -0.39 is 14.4 Å². The zero-order valence-electron chi connectivity index (χ0n) is 11.3. The van der Waals surface area contributed by atoms with Crippen LogP contribution in [0.15, 0.2) is 12.2 Å². The second-order valence-corrected chi connectivity index (χ2v) is 11.0. The van der Waals surface area contributed by atoms with Crippen molar-refractivity contribution in [2.24, 2.45) is 0 Å². The van der Waals surface area contributed by atoms with E-state index in [9.17, 15) is 5.11 Å². The summed E-state index contributed by atoms with van der Waals surface area (Å²) in [5.41, 5.74) is 0. The SMILES string of the molecule is CC(C)(C)[Si](C)(C)O[C@@H]1CCCC=C[C@@H]1O. The summed E-state index contributed by atoms with van der Waals surface area (Å²) in [6.45, 7) is 11.2. The number of aliphatic hydroxyl groups is 1. The number of hydrogen-bond donors (Lipinski definition) is 1. The van der Waals surface area contributed by atoms with Crippen molar-refractivity contribution in [2.75, 3.05) is 0 Å². The first kappa shape index (κ1) is 13.9. The summed E-state index contributed by atoms with van der Waals surface area (Å²) in [5, 5.41) is 10.2. The average Bonchev–Trinajstić information content (AvgIpc) is 2.30. The maximum atomic E-state index is 9.99. The monoisotopic (exact) mass is 242 g/mol. The molecule has 0 bridgehead atoms. The van der Waals surface area contributed by atoms with Gasteiger partial charge in [0.2, 0.25) is 0 Å². The van der Waals surface area contributed by atoms with Crippen LogP contribution in [0.25, 0.3) is 0 Å². The number of hydrogen-bond acceptors (Lipinski definition) is 2. The van der Waals surface area contributed by atoms with Gasteiger partial charge in [-0.05, 0) is 37.4 Å². The second kappa shape index (κ2) is 5.03. The molecule has 0 radical (unpaired) electrons. The predicted molar refractivity (Wildman–Crippen MR) is 71.1 cm³/mol. The van der Waals surface area contributed by atoms with Gasteiger partial charge < -0.3 is 9.53 Å². The third-order valence-corrected chi connectivity index (χ3v) is 8.33. The third-order valence-electron chi connectivity index (χ3n) is 3.83. The molecule has 0 heterocycles. The van der Waals surface area contributed by atoms with E-state index in [0.29, 0.717) is 0 Å². The highest BCUT2D eigenvalue weighted by Crippen LogP contribution is 2.38. The Hall–Kier alpha value is -0.123. The molecule has 1 N–H and O–H groups in total. The molecule has 0 saturated heterocycles. The molecule has 1 aliphatic rings. The van der Waals surface area contributed by atoms with E-state index in [0.717, 1.165) is 19.3 Å². The van der Waals surface area contributed by atoms with Gasteiger partial charge >= 0.3 is 0 Å². The molecule has 94 valence electrons. The van der Waals surface area contributed by atoms with Crippen molar-refractivity contribution in [3.05, 3.63) is 12.2 Å². The van der Waals surface area contributed by atoms with Crippen molar-refractivity contribution < 1.29 is 9.53 Å². The van der Waals surface area contributed by atoms with Crippen molar-refractivity contribution in [2.45, 2.75) is 70.4 Å². The molecule has 2 nitrogen and oxygen atoms in total. The Morgan fingerprint density at radius 2 is 1.94 bits per heavy atom. The standard InChI is InChI=1S/C13H26O2Si/c1-13(2,3)16(4,5)15-12-10-8-6-7-9-11(12)14/h7,9,11-12,14H,6,8,10H2,1-5H3/t11-,12+/m0/s1. The highest BCUT2D eigenvalue weighted by atomic mass is 28.4. The first-order chi connectivity index (χ1) is 7.24.